The molecule has 0 unspecified atom stereocenters. The summed E-state index contributed by atoms with van der Waals surface area (Å²) in [5, 5.41) is 11.9. The first-order valence-corrected chi connectivity index (χ1v) is 10.7. The van der Waals surface area contributed by atoms with Crippen molar-refractivity contribution in [3.8, 4) is 5.69 Å². The fraction of sp³-hybridized carbons (Fsp3) is 0.0833. The van der Waals surface area contributed by atoms with Gasteiger partial charge in [-0.05, 0) is 74.0 Å². The van der Waals surface area contributed by atoms with Crippen molar-refractivity contribution in [1.29, 1.82) is 0 Å². The number of aryl methyl sites for hydroxylation is 1. The molecular formula is C24H17Cl2N3O5. The minimum absolute atomic E-state index is 0.0216. The van der Waals surface area contributed by atoms with Crippen molar-refractivity contribution in [2.75, 3.05) is 4.90 Å². The third-order valence-corrected chi connectivity index (χ3v) is 5.96. The van der Waals surface area contributed by atoms with E-state index < -0.39 is 23.8 Å². The van der Waals surface area contributed by atoms with E-state index in [9.17, 15) is 24.3 Å². The zero-order valence-corrected chi connectivity index (χ0v) is 19.4. The number of carbonyl (C=O) groups is 4. The van der Waals surface area contributed by atoms with Gasteiger partial charge < -0.3 is 9.67 Å². The van der Waals surface area contributed by atoms with Crippen molar-refractivity contribution in [1.82, 2.24) is 9.88 Å². The number of imide groups is 2. The zero-order chi connectivity index (χ0) is 24.7. The largest absolute Gasteiger partial charge is 0.478 e. The van der Waals surface area contributed by atoms with Crippen LogP contribution < -0.4 is 10.2 Å². The highest BCUT2D eigenvalue weighted by atomic mass is 35.5. The lowest BCUT2D eigenvalue weighted by molar-refractivity contribution is -0.122. The molecule has 2 aromatic carbocycles. The van der Waals surface area contributed by atoms with Crippen LogP contribution in [-0.4, -0.2) is 33.5 Å². The molecule has 0 aliphatic carbocycles. The number of amides is 4. The summed E-state index contributed by atoms with van der Waals surface area (Å²) in [5.41, 5.74) is 2.66. The number of aromatic nitrogens is 1. The normalized spacial score (nSPS) is 15.1. The molecule has 0 saturated carbocycles. The van der Waals surface area contributed by atoms with Gasteiger partial charge in [-0.25, -0.2) is 14.5 Å². The van der Waals surface area contributed by atoms with Gasteiger partial charge in [0.25, 0.3) is 11.8 Å². The van der Waals surface area contributed by atoms with Gasteiger partial charge in [-0.15, -0.1) is 0 Å². The van der Waals surface area contributed by atoms with Crippen LogP contribution in [0.5, 0.6) is 0 Å². The summed E-state index contributed by atoms with van der Waals surface area (Å²) in [6.07, 6.45) is 1.42. The standard InChI is InChI=1S/C24H17Cl2N3O5/c1-12-9-14(13(2)28(12)17-7-8-18(23(32)33)20(26)11-17)10-19-21(30)27-24(34)29(22(19)31)16-5-3-15(25)4-6-16/h3-11H,1-2H3,(H,32,33)(H,27,30,34)/b19-10+. The molecule has 1 fully saturated rings. The van der Waals surface area contributed by atoms with Crippen molar-refractivity contribution in [2.45, 2.75) is 13.8 Å². The molecule has 8 nitrogen and oxygen atoms in total. The van der Waals surface area contributed by atoms with Gasteiger partial charge in [0, 0.05) is 22.1 Å². The first-order chi connectivity index (χ1) is 16.1. The van der Waals surface area contributed by atoms with Gasteiger partial charge in [-0.2, -0.15) is 0 Å². The molecule has 0 atom stereocenters. The second-order valence-corrected chi connectivity index (χ2v) is 8.41. The second-order valence-electron chi connectivity index (χ2n) is 7.57. The number of carboxylic acids is 1. The van der Waals surface area contributed by atoms with Gasteiger partial charge in [-0.1, -0.05) is 23.2 Å². The topological polar surface area (TPSA) is 109 Å². The number of hydrogen-bond acceptors (Lipinski definition) is 4. The number of anilines is 1. The molecule has 34 heavy (non-hydrogen) atoms. The summed E-state index contributed by atoms with van der Waals surface area (Å²) in [5.74, 6) is -2.71. The first kappa shape index (κ1) is 23.3. The second kappa shape index (κ2) is 8.81. The number of aromatic carboxylic acids is 1. The summed E-state index contributed by atoms with van der Waals surface area (Å²) in [6, 6.07) is 11.5. The molecule has 2 heterocycles. The number of nitrogens with zero attached hydrogens (tertiary/aromatic N) is 2. The minimum atomic E-state index is -1.13. The van der Waals surface area contributed by atoms with E-state index in [-0.39, 0.29) is 21.8 Å². The van der Waals surface area contributed by atoms with E-state index in [1.165, 1.54) is 42.5 Å². The van der Waals surface area contributed by atoms with E-state index in [1.807, 2.05) is 11.5 Å². The lowest BCUT2D eigenvalue weighted by Crippen LogP contribution is -2.54. The fourth-order valence-corrected chi connectivity index (χ4v) is 4.17. The Balaban J connectivity index is 1.75. The number of carbonyl (C=O) groups excluding carboxylic acids is 3. The number of rotatable bonds is 4. The average Bonchev–Trinajstić information content (AvgIpc) is 3.04. The number of urea groups is 1. The van der Waals surface area contributed by atoms with Gasteiger partial charge in [0.2, 0.25) is 0 Å². The zero-order valence-electron chi connectivity index (χ0n) is 17.9. The average molecular weight is 498 g/mol. The molecule has 1 aromatic heterocycles. The van der Waals surface area contributed by atoms with Crippen LogP contribution in [0.2, 0.25) is 10.0 Å². The monoisotopic (exact) mass is 497 g/mol. The lowest BCUT2D eigenvalue weighted by atomic mass is 10.1. The summed E-state index contributed by atoms with van der Waals surface area (Å²) in [6.45, 7) is 3.60. The van der Waals surface area contributed by atoms with E-state index in [1.54, 1.807) is 19.1 Å². The number of carboxylic acid groups (broad SMARTS) is 1. The summed E-state index contributed by atoms with van der Waals surface area (Å²) in [4.78, 5) is 50.1. The SMILES string of the molecule is Cc1cc(/C=C2\C(=O)NC(=O)N(c3ccc(Cl)cc3)C2=O)c(C)n1-c1ccc(C(=O)O)c(Cl)c1. The molecule has 1 saturated heterocycles. The lowest BCUT2D eigenvalue weighted by Gasteiger charge is -2.26. The fourth-order valence-electron chi connectivity index (χ4n) is 3.79. The van der Waals surface area contributed by atoms with Gasteiger partial charge in [0.1, 0.15) is 5.57 Å². The Morgan fingerprint density at radius 2 is 1.62 bits per heavy atom. The molecule has 3 aromatic rings. The number of hydrogen-bond donors (Lipinski definition) is 2. The summed E-state index contributed by atoms with van der Waals surface area (Å²) < 4.78 is 1.82. The van der Waals surface area contributed by atoms with Crippen LogP contribution in [-0.2, 0) is 9.59 Å². The number of nitrogens with one attached hydrogen (secondary N) is 1. The van der Waals surface area contributed by atoms with E-state index >= 15 is 0 Å². The quantitative estimate of drug-likeness (QED) is 0.398. The maximum absolute atomic E-state index is 13.1. The number of barbiturate groups is 1. The van der Waals surface area contributed by atoms with Crippen LogP contribution in [0.15, 0.2) is 54.1 Å². The van der Waals surface area contributed by atoms with Crippen molar-refractivity contribution in [3.05, 3.63) is 86.7 Å². The molecule has 4 rings (SSSR count). The third kappa shape index (κ3) is 4.09. The first-order valence-electron chi connectivity index (χ1n) is 9.97. The Morgan fingerprint density at radius 3 is 2.24 bits per heavy atom. The van der Waals surface area contributed by atoms with Crippen molar-refractivity contribution in [2.24, 2.45) is 0 Å². The van der Waals surface area contributed by atoms with Crippen LogP contribution in [0, 0.1) is 13.8 Å². The Kier molecular flexibility index (Phi) is 6.03. The number of benzene rings is 2. The Hall–Kier alpha value is -3.88. The van der Waals surface area contributed by atoms with E-state index in [2.05, 4.69) is 5.32 Å². The molecule has 10 heteroatoms. The van der Waals surface area contributed by atoms with Crippen LogP contribution in [0.4, 0.5) is 10.5 Å². The molecule has 172 valence electrons. The number of halogens is 2. The maximum Gasteiger partial charge on any atom is 0.337 e. The minimum Gasteiger partial charge on any atom is -0.478 e. The molecule has 2 N–H and O–H groups in total. The Bertz CT molecular complexity index is 1410. The van der Waals surface area contributed by atoms with Gasteiger partial charge >= 0.3 is 12.0 Å². The van der Waals surface area contributed by atoms with E-state index in [0.29, 0.717) is 22.0 Å². The van der Waals surface area contributed by atoms with Crippen LogP contribution in [0.1, 0.15) is 27.3 Å². The molecule has 0 spiro atoms. The predicted molar refractivity (Wildman–Crippen MR) is 128 cm³/mol. The third-order valence-electron chi connectivity index (χ3n) is 5.40. The van der Waals surface area contributed by atoms with Gasteiger partial charge in [-0.3, -0.25) is 14.9 Å². The van der Waals surface area contributed by atoms with Crippen LogP contribution >= 0.6 is 23.2 Å². The van der Waals surface area contributed by atoms with E-state index in [4.69, 9.17) is 23.2 Å². The highest BCUT2D eigenvalue weighted by Crippen LogP contribution is 2.28. The Labute approximate surface area is 204 Å². The van der Waals surface area contributed by atoms with Crippen LogP contribution in [0.25, 0.3) is 11.8 Å². The highest BCUT2D eigenvalue weighted by molar-refractivity contribution is 6.39. The summed E-state index contributed by atoms with van der Waals surface area (Å²) in [7, 11) is 0. The molecule has 4 amide bonds. The van der Waals surface area contributed by atoms with Crippen molar-refractivity contribution < 1.29 is 24.3 Å². The van der Waals surface area contributed by atoms with E-state index in [0.717, 1.165) is 10.6 Å². The van der Waals surface area contributed by atoms with Crippen molar-refractivity contribution in [3.63, 3.8) is 0 Å². The molecular weight excluding hydrogens is 481 g/mol. The highest BCUT2D eigenvalue weighted by Gasteiger charge is 2.37. The molecule has 1 aliphatic rings. The smallest absolute Gasteiger partial charge is 0.337 e. The van der Waals surface area contributed by atoms with Crippen LogP contribution in [0.3, 0.4) is 0 Å². The van der Waals surface area contributed by atoms with Gasteiger partial charge in [0.15, 0.2) is 0 Å². The Morgan fingerprint density at radius 1 is 0.971 bits per heavy atom. The maximum atomic E-state index is 13.1. The molecule has 0 bridgehead atoms. The van der Waals surface area contributed by atoms with Gasteiger partial charge in [0.05, 0.1) is 16.3 Å². The molecule has 1 aliphatic heterocycles. The van der Waals surface area contributed by atoms with Crippen molar-refractivity contribution >= 4 is 58.8 Å². The predicted octanol–water partition coefficient (Wildman–Crippen LogP) is 4.77. The summed E-state index contributed by atoms with van der Waals surface area (Å²) >= 11 is 12.0. The molecule has 0 radical (unpaired) electrons.